The molecule has 0 N–H and O–H groups in total. The minimum Gasteiger partial charge on any atom is -0.378 e. The first-order valence-electron chi connectivity index (χ1n) is 8.06. The summed E-state index contributed by atoms with van der Waals surface area (Å²) in [7, 11) is 0. The summed E-state index contributed by atoms with van der Waals surface area (Å²) in [5, 5.41) is 0.766. The molecule has 1 aromatic carbocycles. The molecule has 2 heterocycles. The number of morpholine rings is 1. The average Bonchev–Trinajstić information content (AvgIpc) is 2.57. The van der Waals surface area contributed by atoms with Gasteiger partial charge in [0.2, 0.25) is 5.91 Å². The summed E-state index contributed by atoms with van der Waals surface area (Å²) in [5.74, 6) is 0.447. The minimum atomic E-state index is 0.138. The highest BCUT2D eigenvalue weighted by molar-refractivity contribution is 6.30. The summed E-state index contributed by atoms with van der Waals surface area (Å²) in [6.45, 7) is 5.65. The highest BCUT2D eigenvalue weighted by atomic mass is 35.5. The van der Waals surface area contributed by atoms with E-state index in [1.54, 1.807) is 0 Å². The van der Waals surface area contributed by atoms with Gasteiger partial charge in [0.05, 0.1) is 19.1 Å². The Hall–Kier alpha value is -1.10. The van der Waals surface area contributed by atoms with Crippen LogP contribution in [-0.2, 0) is 16.1 Å². The fraction of sp³-hybridized carbons (Fsp3) is 0.588. The number of hydrogen-bond donors (Lipinski definition) is 0. The number of piperidine rings is 1. The van der Waals surface area contributed by atoms with Crippen LogP contribution in [0.1, 0.15) is 18.4 Å². The summed E-state index contributed by atoms with van der Waals surface area (Å²) in [5.41, 5.74) is 1.25. The van der Waals surface area contributed by atoms with Crippen LogP contribution in [0.5, 0.6) is 0 Å². The Morgan fingerprint density at radius 1 is 1.18 bits per heavy atom. The van der Waals surface area contributed by atoms with Gasteiger partial charge in [0, 0.05) is 31.2 Å². The molecule has 2 fully saturated rings. The van der Waals surface area contributed by atoms with Crippen LogP contribution in [0.3, 0.4) is 0 Å². The average molecular weight is 323 g/mol. The van der Waals surface area contributed by atoms with Crippen molar-refractivity contribution in [1.82, 2.24) is 9.80 Å². The van der Waals surface area contributed by atoms with Gasteiger partial charge in [-0.1, -0.05) is 23.7 Å². The van der Waals surface area contributed by atoms with Gasteiger partial charge < -0.3 is 9.64 Å². The van der Waals surface area contributed by atoms with E-state index in [0.29, 0.717) is 19.1 Å². The number of carbonyl (C=O) groups excluding carboxylic acids is 1. The Morgan fingerprint density at radius 2 is 1.91 bits per heavy atom. The lowest BCUT2D eigenvalue weighted by Crippen LogP contribution is -2.48. The van der Waals surface area contributed by atoms with Crippen molar-refractivity contribution in [3.8, 4) is 0 Å². The lowest BCUT2D eigenvalue weighted by Gasteiger charge is -2.36. The van der Waals surface area contributed by atoms with E-state index >= 15 is 0 Å². The van der Waals surface area contributed by atoms with Gasteiger partial charge in [-0.05, 0) is 37.1 Å². The van der Waals surface area contributed by atoms with Gasteiger partial charge in [0.1, 0.15) is 0 Å². The van der Waals surface area contributed by atoms with Crippen molar-refractivity contribution in [3.05, 3.63) is 34.9 Å². The van der Waals surface area contributed by atoms with E-state index in [0.717, 1.165) is 50.6 Å². The van der Waals surface area contributed by atoms with Crippen molar-refractivity contribution in [1.29, 1.82) is 0 Å². The largest absolute Gasteiger partial charge is 0.378 e. The zero-order valence-corrected chi connectivity index (χ0v) is 13.6. The standard InChI is InChI=1S/C17H23ClN2O2/c18-16-5-3-14(4-6-16)12-19-7-1-2-15(13-19)17(21)20-8-10-22-11-9-20/h3-6,15H,1-2,7-13H2/t15-/m1/s1. The third-order valence-electron chi connectivity index (χ3n) is 4.50. The maximum Gasteiger partial charge on any atom is 0.227 e. The fourth-order valence-electron chi connectivity index (χ4n) is 3.29. The van der Waals surface area contributed by atoms with Crippen LogP contribution in [0.15, 0.2) is 24.3 Å². The van der Waals surface area contributed by atoms with Crippen molar-refractivity contribution in [3.63, 3.8) is 0 Å². The van der Waals surface area contributed by atoms with Crippen LogP contribution in [0, 0.1) is 5.92 Å². The number of benzene rings is 1. The number of nitrogens with zero attached hydrogens (tertiary/aromatic N) is 2. The van der Waals surface area contributed by atoms with Crippen LogP contribution < -0.4 is 0 Å². The second kappa shape index (κ2) is 7.44. The first kappa shape index (κ1) is 15.8. The van der Waals surface area contributed by atoms with Crippen LogP contribution in [-0.4, -0.2) is 55.1 Å². The minimum absolute atomic E-state index is 0.138. The molecule has 0 radical (unpaired) electrons. The number of carbonyl (C=O) groups is 1. The van der Waals surface area contributed by atoms with Crippen LogP contribution in [0.4, 0.5) is 0 Å². The molecule has 0 spiro atoms. The van der Waals surface area contributed by atoms with Gasteiger partial charge in [-0.25, -0.2) is 0 Å². The molecule has 2 aliphatic heterocycles. The smallest absolute Gasteiger partial charge is 0.227 e. The molecule has 4 nitrogen and oxygen atoms in total. The van der Waals surface area contributed by atoms with E-state index in [9.17, 15) is 4.79 Å². The SMILES string of the molecule is O=C([C@@H]1CCCN(Cc2ccc(Cl)cc2)C1)N1CCOCC1. The molecule has 0 bridgehead atoms. The first-order chi connectivity index (χ1) is 10.7. The number of amides is 1. The maximum atomic E-state index is 12.6. The highest BCUT2D eigenvalue weighted by Crippen LogP contribution is 2.21. The third-order valence-corrected chi connectivity index (χ3v) is 4.75. The highest BCUT2D eigenvalue weighted by Gasteiger charge is 2.29. The van der Waals surface area contributed by atoms with E-state index in [1.807, 2.05) is 17.0 Å². The fourth-order valence-corrected chi connectivity index (χ4v) is 3.42. The predicted octanol–water partition coefficient (Wildman–Crippen LogP) is 2.41. The zero-order chi connectivity index (χ0) is 15.4. The zero-order valence-electron chi connectivity index (χ0n) is 12.8. The van der Waals surface area contributed by atoms with E-state index in [2.05, 4.69) is 17.0 Å². The molecule has 1 atom stereocenters. The molecular weight excluding hydrogens is 300 g/mol. The molecule has 5 heteroatoms. The molecule has 3 rings (SSSR count). The molecule has 0 saturated carbocycles. The molecule has 22 heavy (non-hydrogen) atoms. The monoisotopic (exact) mass is 322 g/mol. The molecular formula is C17H23ClN2O2. The predicted molar refractivity (Wildman–Crippen MR) is 86.9 cm³/mol. The second-order valence-corrected chi connectivity index (χ2v) is 6.57. The van der Waals surface area contributed by atoms with Crippen molar-refractivity contribution in [2.45, 2.75) is 19.4 Å². The summed E-state index contributed by atoms with van der Waals surface area (Å²) < 4.78 is 5.33. The Kier molecular flexibility index (Phi) is 5.34. The van der Waals surface area contributed by atoms with E-state index in [1.165, 1.54) is 5.56 Å². The van der Waals surface area contributed by atoms with E-state index < -0.39 is 0 Å². The second-order valence-electron chi connectivity index (χ2n) is 6.14. The summed E-state index contributed by atoms with van der Waals surface area (Å²) >= 11 is 5.93. The van der Waals surface area contributed by atoms with Crippen LogP contribution in [0.2, 0.25) is 5.02 Å². The van der Waals surface area contributed by atoms with Gasteiger partial charge in [0.25, 0.3) is 0 Å². The third kappa shape index (κ3) is 4.00. The van der Waals surface area contributed by atoms with E-state index in [-0.39, 0.29) is 5.92 Å². The van der Waals surface area contributed by atoms with E-state index in [4.69, 9.17) is 16.3 Å². The molecule has 2 saturated heterocycles. The van der Waals surface area contributed by atoms with Gasteiger partial charge in [-0.15, -0.1) is 0 Å². The normalized spacial score (nSPS) is 23.5. The molecule has 2 aliphatic rings. The van der Waals surface area contributed by atoms with Crippen molar-refractivity contribution in [2.75, 3.05) is 39.4 Å². The maximum absolute atomic E-state index is 12.6. The Labute approximate surface area is 137 Å². The molecule has 0 aliphatic carbocycles. The summed E-state index contributed by atoms with van der Waals surface area (Å²) in [6, 6.07) is 7.99. The summed E-state index contributed by atoms with van der Waals surface area (Å²) in [4.78, 5) is 17.0. The number of likely N-dealkylation sites (tertiary alicyclic amines) is 1. The Morgan fingerprint density at radius 3 is 2.64 bits per heavy atom. The molecule has 1 aromatic rings. The van der Waals surface area contributed by atoms with Crippen molar-refractivity contribution >= 4 is 17.5 Å². The van der Waals surface area contributed by atoms with Gasteiger partial charge >= 0.3 is 0 Å². The lowest BCUT2D eigenvalue weighted by atomic mass is 9.96. The van der Waals surface area contributed by atoms with Gasteiger partial charge in [-0.2, -0.15) is 0 Å². The molecule has 0 unspecified atom stereocenters. The number of halogens is 1. The number of hydrogen-bond acceptors (Lipinski definition) is 3. The quantitative estimate of drug-likeness (QED) is 0.856. The topological polar surface area (TPSA) is 32.8 Å². The Balaban J connectivity index is 1.56. The molecule has 1 amide bonds. The molecule has 120 valence electrons. The number of rotatable bonds is 3. The number of ether oxygens (including phenoxy) is 1. The van der Waals surface area contributed by atoms with Crippen LogP contribution >= 0.6 is 11.6 Å². The van der Waals surface area contributed by atoms with Gasteiger partial charge in [-0.3, -0.25) is 9.69 Å². The first-order valence-corrected chi connectivity index (χ1v) is 8.43. The summed E-state index contributed by atoms with van der Waals surface area (Å²) in [6.07, 6.45) is 2.10. The Bertz CT molecular complexity index is 500. The van der Waals surface area contributed by atoms with Crippen molar-refractivity contribution < 1.29 is 9.53 Å². The van der Waals surface area contributed by atoms with Crippen molar-refractivity contribution in [2.24, 2.45) is 5.92 Å². The lowest BCUT2D eigenvalue weighted by molar-refractivity contribution is -0.141. The van der Waals surface area contributed by atoms with Crippen LogP contribution in [0.25, 0.3) is 0 Å². The van der Waals surface area contributed by atoms with Gasteiger partial charge in [0.15, 0.2) is 0 Å². The molecule has 0 aromatic heterocycles.